The number of carbonyl (C=O) groups excluding carboxylic acids is 1. The van der Waals surface area contributed by atoms with Crippen LogP contribution in [0.25, 0.3) is 0 Å². The molecule has 0 fully saturated rings. The fraction of sp³-hybridized carbons (Fsp3) is 0.917. The van der Waals surface area contributed by atoms with Crippen LogP contribution in [0.4, 0.5) is 4.79 Å². The van der Waals surface area contributed by atoms with E-state index in [4.69, 9.17) is 0 Å². The molecule has 0 spiro atoms. The highest BCUT2D eigenvalue weighted by atomic mass is 16.1. The molecule has 3 nitrogen and oxygen atoms in total. The molecule has 0 unspecified atom stereocenters. The molecule has 0 heterocycles. The minimum atomic E-state index is 0.0866. The monoisotopic (exact) mass is 228 g/mol. The summed E-state index contributed by atoms with van der Waals surface area (Å²) in [6.07, 6.45) is 7.68. The van der Waals surface area contributed by atoms with Gasteiger partial charge in [-0.15, -0.1) is 0 Å². The summed E-state index contributed by atoms with van der Waals surface area (Å²) in [7, 11) is 7.57. The van der Waals surface area contributed by atoms with Gasteiger partial charge >= 0.3 is 0 Å². The molecule has 0 saturated carbocycles. The Labute approximate surface area is 102 Å². The molecule has 1 amide bonds. The first kappa shape index (κ1) is 17.9. The minimum Gasteiger partial charge on any atom is -0.365 e. The molecule has 0 aliphatic rings. The average molecular weight is 228 g/mol. The van der Waals surface area contributed by atoms with Crippen LogP contribution >= 0.6 is 0 Å². The van der Waals surface area contributed by atoms with Crippen LogP contribution < -0.4 is 5.32 Å². The van der Waals surface area contributed by atoms with Crippen molar-refractivity contribution < 1.29 is 4.79 Å². The number of nitrogens with one attached hydrogen (secondary N) is 1. The third-order valence-corrected chi connectivity index (χ3v) is 1.90. The van der Waals surface area contributed by atoms with E-state index in [-0.39, 0.29) is 5.81 Å². The Morgan fingerprint density at radius 3 is 1.94 bits per heavy atom. The zero-order valence-corrected chi connectivity index (χ0v) is 11.8. The predicted molar refractivity (Wildman–Crippen MR) is 74.9 cm³/mol. The van der Waals surface area contributed by atoms with E-state index in [0.29, 0.717) is 0 Å². The van der Waals surface area contributed by atoms with Crippen molar-refractivity contribution in [2.24, 2.45) is 0 Å². The summed E-state index contributed by atoms with van der Waals surface area (Å²) in [6.45, 7) is 3.07. The standard InChI is InChI=1S/C9H20BNO.C3H9N/c1-2-3-4-5-6-7-8-11-9(10)12;1-4(2)3/h2-8,10H2,1H3,(H,11,12);1-3H3. The van der Waals surface area contributed by atoms with Crippen molar-refractivity contribution in [3.8, 4) is 0 Å². The second-order valence-electron chi connectivity index (χ2n) is 4.59. The molecule has 16 heavy (non-hydrogen) atoms. The van der Waals surface area contributed by atoms with Crippen molar-refractivity contribution in [2.75, 3.05) is 27.7 Å². The van der Waals surface area contributed by atoms with E-state index in [1.54, 1.807) is 7.85 Å². The van der Waals surface area contributed by atoms with Crippen LogP contribution in [0.5, 0.6) is 0 Å². The number of hydrogen-bond acceptors (Lipinski definition) is 2. The second-order valence-corrected chi connectivity index (χ2v) is 4.59. The fourth-order valence-electron chi connectivity index (χ4n) is 1.17. The number of rotatable bonds is 7. The summed E-state index contributed by atoms with van der Waals surface area (Å²) in [6, 6.07) is 0. The van der Waals surface area contributed by atoms with Crippen LogP contribution in [0.1, 0.15) is 45.4 Å². The highest BCUT2D eigenvalue weighted by molar-refractivity contribution is 6.57. The highest BCUT2D eigenvalue weighted by Crippen LogP contribution is 2.03. The summed E-state index contributed by atoms with van der Waals surface area (Å²) >= 11 is 0. The maximum absolute atomic E-state index is 10.5. The van der Waals surface area contributed by atoms with Crippen molar-refractivity contribution in [2.45, 2.75) is 45.4 Å². The van der Waals surface area contributed by atoms with Gasteiger partial charge in [0, 0.05) is 6.54 Å². The van der Waals surface area contributed by atoms with Crippen LogP contribution in [0.15, 0.2) is 0 Å². The van der Waals surface area contributed by atoms with Crippen molar-refractivity contribution in [1.29, 1.82) is 0 Å². The van der Waals surface area contributed by atoms with Crippen LogP contribution in [0, 0.1) is 0 Å². The minimum absolute atomic E-state index is 0.0866. The Hall–Kier alpha value is -0.505. The molecule has 0 saturated heterocycles. The maximum Gasteiger partial charge on any atom is 0.215 e. The first-order valence-corrected chi connectivity index (χ1v) is 6.36. The van der Waals surface area contributed by atoms with Crippen LogP contribution in [-0.2, 0) is 0 Å². The fourth-order valence-corrected chi connectivity index (χ4v) is 1.17. The van der Waals surface area contributed by atoms with Gasteiger partial charge in [0.1, 0.15) is 0 Å². The van der Waals surface area contributed by atoms with Crippen molar-refractivity contribution in [3.05, 3.63) is 0 Å². The van der Waals surface area contributed by atoms with Gasteiger partial charge in [-0.05, 0) is 27.6 Å². The highest BCUT2D eigenvalue weighted by Gasteiger charge is 1.91. The average Bonchev–Trinajstić information content (AvgIpc) is 2.15. The maximum atomic E-state index is 10.5. The van der Waals surface area contributed by atoms with E-state index < -0.39 is 0 Å². The van der Waals surface area contributed by atoms with Gasteiger partial charge in [0.25, 0.3) is 0 Å². The van der Waals surface area contributed by atoms with E-state index in [9.17, 15) is 4.79 Å². The number of carbonyl (C=O) groups is 1. The lowest BCUT2D eigenvalue weighted by Crippen LogP contribution is -2.22. The van der Waals surface area contributed by atoms with Crippen LogP contribution in [0.2, 0.25) is 0 Å². The predicted octanol–water partition coefficient (Wildman–Crippen LogP) is 1.87. The molecule has 0 aliphatic heterocycles. The zero-order chi connectivity index (χ0) is 12.8. The molecular formula is C12H29BN2O. The van der Waals surface area contributed by atoms with Crippen LogP contribution in [-0.4, -0.2) is 46.2 Å². The van der Waals surface area contributed by atoms with Crippen molar-refractivity contribution in [3.63, 3.8) is 0 Å². The number of nitrogens with zero attached hydrogens (tertiary/aromatic N) is 1. The summed E-state index contributed by atoms with van der Waals surface area (Å²) < 4.78 is 0. The molecule has 1 N–H and O–H groups in total. The molecule has 0 bridgehead atoms. The van der Waals surface area contributed by atoms with E-state index in [1.807, 2.05) is 26.0 Å². The lowest BCUT2D eigenvalue weighted by Gasteiger charge is -2.01. The molecule has 0 aromatic rings. The number of unbranched alkanes of at least 4 members (excludes halogenated alkanes) is 5. The Morgan fingerprint density at radius 1 is 1.06 bits per heavy atom. The van der Waals surface area contributed by atoms with Gasteiger partial charge in [0.15, 0.2) is 5.81 Å². The number of amides is 1. The normalized spacial score (nSPS) is 9.56. The van der Waals surface area contributed by atoms with Gasteiger partial charge in [0.2, 0.25) is 7.85 Å². The van der Waals surface area contributed by atoms with E-state index in [0.717, 1.165) is 13.0 Å². The van der Waals surface area contributed by atoms with Gasteiger partial charge < -0.3 is 10.2 Å². The molecule has 4 heteroatoms. The summed E-state index contributed by atoms with van der Waals surface area (Å²) in [5.41, 5.74) is 0. The number of hydrogen-bond donors (Lipinski definition) is 1. The Morgan fingerprint density at radius 2 is 1.50 bits per heavy atom. The molecule has 0 aliphatic carbocycles. The summed E-state index contributed by atoms with van der Waals surface area (Å²) in [5.74, 6) is 0.0866. The molecule has 0 aromatic carbocycles. The zero-order valence-electron chi connectivity index (χ0n) is 11.8. The van der Waals surface area contributed by atoms with E-state index in [2.05, 4.69) is 12.2 Å². The van der Waals surface area contributed by atoms with Gasteiger partial charge in [0.05, 0.1) is 0 Å². The Balaban J connectivity index is 0. The molecule has 0 aromatic heterocycles. The van der Waals surface area contributed by atoms with Gasteiger partial charge in [-0.2, -0.15) is 0 Å². The van der Waals surface area contributed by atoms with E-state index in [1.165, 1.54) is 32.1 Å². The van der Waals surface area contributed by atoms with Crippen LogP contribution in [0.3, 0.4) is 0 Å². The third-order valence-electron chi connectivity index (χ3n) is 1.90. The second kappa shape index (κ2) is 14.5. The van der Waals surface area contributed by atoms with Gasteiger partial charge in [-0.1, -0.05) is 39.0 Å². The topological polar surface area (TPSA) is 32.3 Å². The van der Waals surface area contributed by atoms with Crippen molar-refractivity contribution >= 4 is 13.7 Å². The Bertz CT molecular complexity index is 149. The molecular weight excluding hydrogens is 199 g/mol. The molecule has 0 atom stereocenters. The SMILES string of the molecule is BC(=O)NCCCCCCCC.CN(C)C. The third kappa shape index (κ3) is 29.2. The molecule has 0 rings (SSSR count). The molecule has 0 radical (unpaired) electrons. The summed E-state index contributed by atoms with van der Waals surface area (Å²) in [5, 5.41) is 2.80. The quantitative estimate of drug-likeness (QED) is 0.533. The smallest absolute Gasteiger partial charge is 0.215 e. The van der Waals surface area contributed by atoms with Gasteiger partial charge in [-0.25, -0.2) is 0 Å². The van der Waals surface area contributed by atoms with Crippen molar-refractivity contribution in [1.82, 2.24) is 10.2 Å². The largest absolute Gasteiger partial charge is 0.365 e. The summed E-state index contributed by atoms with van der Waals surface area (Å²) in [4.78, 5) is 12.5. The lowest BCUT2D eigenvalue weighted by molar-refractivity contribution is 0.259. The Kier molecular flexibility index (Phi) is 16.2. The van der Waals surface area contributed by atoms with Gasteiger partial charge in [-0.3, -0.25) is 4.79 Å². The first-order valence-electron chi connectivity index (χ1n) is 6.36. The van der Waals surface area contributed by atoms with E-state index >= 15 is 0 Å². The lowest BCUT2D eigenvalue weighted by atomic mass is 10.1. The first-order chi connectivity index (χ1) is 7.50. The molecule has 96 valence electrons.